The van der Waals surface area contributed by atoms with Crippen LogP contribution in [0.1, 0.15) is 15.9 Å². The molecule has 0 saturated carbocycles. The lowest BCUT2D eigenvalue weighted by atomic mass is 10.2. The Morgan fingerprint density at radius 3 is 2.67 bits per heavy atom. The van der Waals surface area contributed by atoms with E-state index in [0.29, 0.717) is 12.1 Å². The second-order valence-corrected chi connectivity index (χ2v) is 5.40. The van der Waals surface area contributed by atoms with Crippen molar-refractivity contribution in [2.75, 3.05) is 19.6 Å². The van der Waals surface area contributed by atoms with Crippen molar-refractivity contribution in [1.29, 1.82) is 0 Å². The maximum absolute atomic E-state index is 12.5. The predicted molar refractivity (Wildman–Crippen MR) is 84.5 cm³/mol. The minimum absolute atomic E-state index is 0.184. The number of ether oxygens (including phenoxy) is 1. The van der Waals surface area contributed by atoms with E-state index in [-0.39, 0.29) is 18.5 Å². The number of halogens is 1. The van der Waals surface area contributed by atoms with Gasteiger partial charge in [-0.15, -0.1) is 0 Å². The molecule has 1 heterocycles. The van der Waals surface area contributed by atoms with E-state index in [1.54, 1.807) is 30.3 Å². The third-order valence-corrected chi connectivity index (χ3v) is 3.46. The molecule has 2 rings (SSSR count). The first-order chi connectivity index (χ1) is 10.1. The van der Waals surface area contributed by atoms with E-state index in [9.17, 15) is 4.79 Å². The summed E-state index contributed by atoms with van der Waals surface area (Å²) >= 11 is 3.39. The molecule has 0 unspecified atom stereocenters. The molecule has 0 saturated heterocycles. The molecule has 0 radical (unpaired) electrons. The van der Waals surface area contributed by atoms with Gasteiger partial charge in [-0.1, -0.05) is 28.1 Å². The third kappa shape index (κ3) is 4.03. The summed E-state index contributed by atoms with van der Waals surface area (Å²) in [5.74, 6) is 0.0183. The zero-order chi connectivity index (χ0) is 15.2. The largest absolute Gasteiger partial charge is 0.383 e. The molecule has 6 heteroatoms. The summed E-state index contributed by atoms with van der Waals surface area (Å²) in [7, 11) is 1.55. The molecule has 0 atom stereocenters. The van der Waals surface area contributed by atoms with Crippen molar-refractivity contribution in [2.45, 2.75) is 6.54 Å². The molecule has 2 N–H and O–H groups in total. The van der Waals surface area contributed by atoms with Crippen molar-refractivity contribution in [3.8, 4) is 0 Å². The van der Waals surface area contributed by atoms with Crippen molar-refractivity contribution in [1.82, 2.24) is 9.88 Å². The van der Waals surface area contributed by atoms with E-state index in [1.807, 2.05) is 24.3 Å². The molecule has 21 heavy (non-hydrogen) atoms. The molecule has 2 aromatic rings. The van der Waals surface area contributed by atoms with Crippen LogP contribution in [0.15, 0.2) is 47.1 Å². The molecular weight excluding hydrogens is 334 g/mol. The highest BCUT2D eigenvalue weighted by atomic mass is 79.9. The first kappa shape index (κ1) is 15.5. The van der Waals surface area contributed by atoms with Crippen molar-refractivity contribution in [2.24, 2.45) is 0 Å². The van der Waals surface area contributed by atoms with Crippen LogP contribution < -0.4 is 5.73 Å². The van der Waals surface area contributed by atoms with Gasteiger partial charge in [0, 0.05) is 24.3 Å². The van der Waals surface area contributed by atoms with Gasteiger partial charge < -0.3 is 15.4 Å². The van der Waals surface area contributed by atoms with Gasteiger partial charge in [-0.25, -0.2) is 4.98 Å². The number of carbonyl (C=O) groups is 1. The van der Waals surface area contributed by atoms with Crippen molar-refractivity contribution in [3.05, 3.63) is 58.2 Å². The van der Waals surface area contributed by atoms with Crippen LogP contribution >= 0.6 is 15.9 Å². The number of nitrogens with two attached hydrogens (primary N) is 1. The average molecular weight is 350 g/mol. The van der Waals surface area contributed by atoms with Gasteiger partial charge >= 0.3 is 0 Å². The van der Waals surface area contributed by atoms with Gasteiger partial charge in [0.25, 0.3) is 5.91 Å². The number of hydrogen-bond acceptors (Lipinski definition) is 4. The summed E-state index contributed by atoms with van der Waals surface area (Å²) in [6, 6.07) is 11.1. The summed E-state index contributed by atoms with van der Waals surface area (Å²) in [5, 5.41) is 0. The molecule has 0 bridgehead atoms. The smallest absolute Gasteiger partial charge is 0.259 e. The fourth-order valence-corrected chi connectivity index (χ4v) is 2.18. The molecule has 5 nitrogen and oxygen atoms in total. The number of rotatable bonds is 5. The zero-order valence-corrected chi connectivity index (χ0v) is 13.2. The second kappa shape index (κ2) is 7.19. The molecule has 1 aromatic heterocycles. The van der Waals surface area contributed by atoms with Gasteiger partial charge in [-0.05, 0) is 29.8 Å². The number of hydrogen-bond donors (Lipinski definition) is 1. The quantitative estimate of drug-likeness (QED) is 0.842. The van der Waals surface area contributed by atoms with Crippen LogP contribution in [0.2, 0.25) is 0 Å². The Morgan fingerprint density at radius 2 is 2.05 bits per heavy atom. The van der Waals surface area contributed by atoms with E-state index in [4.69, 9.17) is 10.5 Å². The van der Waals surface area contributed by atoms with Gasteiger partial charge in [0.05, 0.1) is 5.56 Å². The van der Waals surface area contributed by atoms with E-state index in [2.05, 4.69) is 20.9 Å². The maximum atomic E-state index is 12.5. The number of pyridine rings is 1. The molecule has 1 aromatic carbocycles. The van der Waals surface area contributed by atoms with E-state index in [1.165, 1.54) is 0 Å². The maximum Gasteiger partial charge on any atom is 0.259 e. The summed E-state index contributed by atoms with van der Waals surface area (Å²) in [6.45, 7) is 0.623. The number of nitrogens with zero attached hydrogens (tertiary/aromatic N) is 2. The summed E-state index contributed by atoms with van der Waals surface area (Å²) < 4.78 is 6.11. The molecule has 0 aliphatic heterocycles. The Morgan fingerprint density at radius 1 is 1.33 bits per heavy atom. The number of benzene rings is 1. The number of anilines is 1. The monoisotopic (exact) mass is 349 g/mol. The Bertz CT molecular complexity index is 617. The molecule has 0 aliphatic carbocycles. The Labute approximate surface area is 131 Å². The normalized spacial score (nSPS) is 10.4. The zero-order valence-electron chi connectivity index (χ0n) is 11.6. The van der Waals surface area contributed by atoms with E-state index < -0.39 is 0 Å². The van der Waals surface area contributed by atoms with Gasteiger partial charge in [0.2, 0.25) is 0 Å². The Kier molecular flexibility index (Phi) is 5.30. The SMILES string of the molecule is COCN(Cc1ccc(Br)cc1)C(=O)c1cccnc1N. The minimum atomic E-state index is -0.203. The topological polar surface area (TPSA) is 68.5 Å². The second-order valence-electron chi connectivity index (χ2n) is 4.48. The highest BCUT2D eigenvalue weighted by Crippen LogP contribution is 2.16. The number of methoxy groups -OCH3 is 1. The fraction of sp³-hybridized carbons (Fsp3) is 0.200. The summed E-state index contributed by atoms with van der Waals surface area (Å²) in [5.41, 5.74) is 7.15. The van der Waals surface area contributed by atoms with Crippen LogP contribution in [0.25, 0.3) is 0 Å². The van der Waals surface area contributed by atoms with E-state index >= 15 is 0 Å². The fourth-order valence-electron chi connectivity index (χ4n) is 1.91. The van der Waals surface area contributed by atoms with Crippen molar-refractivity contribution in [3.63, 3.8) is 0 Å². The number of aromatic nitrogens is 1. The van der Waals surface area contributed by atoms with Gasteiger partial charge in [-0.3, -0.25) is 4.79 Å². The van der Waals surface area contributed by atoms with E-state index in [0.717, 1.165) is 10.0 Å². The van der Waals surface area contributed by atoms with Crippen molar-refractivity contribution >= 4 is 27.7 Å². The lowest BCUT2D eigenvalue weighted by Crippen LogP contribution is -2.33. The average Bonchev–Trinajstić information content (AvgIpc) is 2.49. The van der Waals surface area contributed by atoms with Gasteiger partial charge in [-0.2, -0.15) is 0 Å². The van der Waals surface area contributed by atoms with Crippen molar-refractivity contribution < 1.29 is 9.53 Å². The summed E-state index contributed by atoms with van der Waals surface area (Å²) in [4.78, 5) is 18.1. The standard InChI is InChI=1S/C15H16BrN3O2/c1-21-10-19(9-11-4-6-12(16)7-5-11)15(20)13-3-2-8-18-14(13)17/h2-8H,9-10H2,1H3,(H2,17,18). The molecule has 0 aliphatic rings. The predicted octanol–water partition coefficient (Wildman–Crippen LogP) is 2.67. The van der Waals surface area contributed by atoms with Crippen LogP contribution in [0.3, 0.4) is 0 Å². The van der Waals surface area contributed by atoms with Crippen LogP contribution in [-0.2, 0) is 11.3 Å². The first-order valence-electron chi connectivity index (χ1n) is 6.35. The molecule has 110 valence electrons. The lowest BCUT2D eigenvalue weighted by Gasteiger charge is -2.22. The van der Waals surface area contributed by atoms with Crippen LogP contribution in [0.5, 0.6) is 0 Å². The number of nitrogen functional groups attached to an aromatic ring is 1. The van der Waals surface area contributed by atoms with Gasteiger partial charge in [0.15, 0.2) is 0 Å². The number of amides is 1. The number of carbonyl (C=O) groups excluding carboxylic acids is 1. The molecule has 0 fully saturated rings. The lowest BCUT2D eigenvalue weighted by molar-refractivity contribution is 0.0390. The summed E-state index contributed by atoms with van der Waals surface area (Å²) in [6.07, 6.45) is 1.56. The molecule has 1 amide bonds. The van der Waals surface area contributed by atoms with Crippen LogP contribution in [0, 0.1) is 0 Å². The Hall–Kier alpha value is -1.92. The highest BCUT2D eigenvalue weighted by Gasteiger charge is 2.18. The third-order valence-electron chi connectivity index (χ3n) is 2.93. The first-order valence-corrected chi connectivity index (χ1v) is 7.14. The Balaban J connectivity index is 2.20. The molecule has 0 spiro atoms. The minimum Gasteiger partial charge on any atom is -0.383 e. The highest BCUT2D eigenvalue weighted by molar-refractivity contribution is 9.10. The van der Waals surface area contributed by atoms with Crippen LogP contribution in [-0.4, -0.2) is 29.6 Å². The van der Waals surface area contributed by atoms with Crippen LogP contribution in [0.4, 0.5) is 5.82 Å². The molecular formula is C15H16BrN3O2. The van der Waals surface area contributed by atoms with Gasteiger partial charge in [0.1, 0.15) is 12.5 Å².